The third-order valence-electron chi connectivity index (χ3n) is 4.93. The zero-order valence-corrected chi connectivity index (χ0v) is 11.8. The molecule has 0 aromatic carbocycles. The molecule has 3 fully saturated rings. The van der Waals surface area contributed by atoms with E-state index < -0.39 is 0 Å². The van der Waals surface area contributed by atoms with Gasteiger partial charge in [-0.05, 0) is 25.7 Å². The van der Waals surface area contributed by atoms with Crippen LogP contribution in [-0.4, -0.2) is 73.9 Å². The Morgan fingerprint density at radius 2 is 2.26 bits per heavy atom. The first-order valence-corrected chi connectivity index (χ1v) is 7.40. The van der Waals surface area contributed by atoms with E-state index in [0.717, 1.165) is 58.7 Å². The molecule has 1 amide bonds. The van der Waals surface area contributed by atoms with Crippen LogP contribution in [0.4, 0.5) is 0 Å². The Morgan fingerprint density at radius 1 is 1.42 bits per heavy atom. The van der Waals surface area contributed by atoms with Gasteiger partial charge in [0.25, 0.3) is 5.91 Å². The van der Waals surface area contributed by atoms with Crippen molar-refractivity contribution < 1.29 is 14.3 Å². The summed E-state index contributed by atoms with van der Waals surface area (Å²) in [6.45, 7) is 5.43. The Balaban J connectivity index is 1.56. The fraction of sp³-hybridized carbons (Fsp3) is 0.929. The molecule has 3 rings (SSSR count). The number of carbonyl (C=O) groups excluding carboxylic acids is 1. The van der Waals surface area contributed by atoms with Crippen LogP contribution >= 0.6 is 0 Å². The molecule has 2 unspecified atom stereocenters. The van der Waals surface area contributed by atoms with Gasteiger partial charge >= 0.3 is 0 Å². The lowest BCUT2D eigenvalue weighted by molar-refractivity contribution is -0.141. The lowest BCUT2D eigenvalue weighted by Crippen LogP contribution is -2.62. The Labute approximate surface area is 114 Å². The summed E-state index contributed by atoms with van der Waals surface area (Å²) in [4.78, 5) is 16.9. The minimum absolute atomic E-state index is 0.164. The SMILES string of the molecule is COCCN1CCC12CCN(C(=O)C1CCCO1)C2. The highest BCUT2D eigenvalue weighted by atomic mass is 16.5. The molecule has 5 heteroatoms. The average molecular weight is 268 g/mol. The summed E-state index contributed by atoms with van der Waals surface area (Å²) >= 11 is 0. The first kappa shape index (κ1) is 13.3. The molecule has 5 nitrogen and oxygen atoms in total. The molecule has 3 saturated heterocycles. The van der Waals surface area contributed by atoms with Gasteiger partial charge in [-0.15, -0.1) is 0 Å². The molecule has 0 aromatic rings. The fourth-order valence-corrected chi connectivity index (χ4v) is 3.62. The second-order valence-electron chi connectivity index (χ2n) is 5.97. The van der Waals surface area contributed by atoms with E-state index in [4.69, 9.17) is 9.47 Å². The maximum Gasteiger partial charge on any atom is 0.251 e. The van der Waals surface area contributed by atoms with E-state index in [9.17, 15) is 4.79 Å². The number of methoxy groups -OCH3 is 1. The largest absolute Gasteiger partial charge is 0.383 e. The van der Waals surface area contributed by atoms with Gasteiger partial charge in [-0.25, -0.2) is 0 Å². The number of hydrogen-bond acceptors (Lipinski definition) is 4. The zero-order chi connectivity index (χ0) is 13.3. The van der Waals surface area contributed by atoms with Gasteiger partial charge in [0.05, 0.1) is 6.61 Å². The summed E-state index contributed by atoms with van der Waals surface area (Å²) in [5, 5.41) is 0. The Bertz CT molecular complexity index is 344. The smallest absolute Gasteiger partial charge is 0.251 e. The summed E-state index contributed by atoms with van der Waals surface area (Å²) in [7, 11) is 1.74. The van der Waals surface area contributed by atoms with Crippen molar-refractivity contribution in [3.8, 4) is 0 Å². The predicted octanol–water partition coefficient (Wildman–Crippen LogP) is 0.489. The molecule has 3 aliphatic rings. The molecule has 0 aromatic heterocycles. The second-order valence-corrected chi connectivity index (χ2v) is 5.97. The van der Waals surface area contributed by atoms with Crippen molar-refractivity contribution in [2.75, 3.05) is 46.5 Å². The molecule has 0 bridgehead atoms. The molecule has 108 valence electrons. The highest BCUT2D eigenvalue weighted by Crippen LogP contribution is 2.39. The molecule has 1 spiro atoms. The first-order chi connectivity index (χ1) is 9.25. The van der Waals surface area contributed by atoms with Gasteiger partial charge in [0.15, 0.2) is 0 Å². The van der Waals surface area contributed by atoms with E-state index in [1.807, 2.05) is 4.90 Å². The molecule has 3 heterocycles. The van der Waals surface area contributed by atoms with E-state index in [1.165, 1.54) is 6.42 Å². The molecular weight excluding hydrogens is 244 g/mol. The predicted molar refractivity (Wildman–Crippen MR) is 71.0 cm³/mol. The number of rotatable bonds is 4. The van der Waals surface area contributed by atoms with E-state index in [0.29, 0.717) is 0 Å². The molecular formula is C14H24N2O3. The van der Waals surface area contributed by atoms with Crippen LogP contribution in [0, 0.1) is 0 Å². The second kappa shape index (κ2) is 5.38. The minimum atomic E-state index is -0.164. The molecule has 0 aliphatic carbocycles. The summed E-state index contributed by atoms with van der Waals surface area (Å²) in [6.07, 6.45) is 4.08. The van der Waals surface area contributed by atoms with E-state index in [-0.39, 0.29) is 17.6 Å². The molecule has 2 atom stereocenters. The average Bonchev–Trinajstić information content (AvgIpc) is 3.08. The number of carbonyl (C=O) groups is 1. The summed E-state index contributed by atoms with van der Waals surface area (Å²) < 4.78 is 10.7. The van der Waals surface area contributed by atoms with Crippen molar-refractivity contribution in [2.24, 2.45) is 0 Å². The molecule has 19 heavy (non-hydrogen) atoms. The highest BCUT2D eigenvalue weighted by Gasteiger charge is 2.50. The molecule has 0 radical (unpaired) electrons. The van der Waals surface area contributed by atoms with Crippen LogP contribution in [0.5, 0.6) is 0 Å². The van der Waals surface area contributed by atoms with Gasteiger partial charge in [0, 0.05) is 45.4 Å². The maximum absolute atomic E-state index is 12.4. The fourth-order valence-electron chi connectivity index (χ4n) is 3.62. The van der Waals surface area contributed by atoms with Crippen molar-refractivity contribution in [2.45, 2.75) is 37.3 Å². The van der Waals surface area contributed by atoms with Gasteiger partial charge < -0.3 is 14.4 Å². The van der Waals surface area contributed by atoms with Crippen molar-refractivity contribution in [1.29, 1.82) is 0 Å². The lowest BCUT2D eigenvalue weighted by atomic mass is 9.84. The van der Waals surface area contributed by atoms with E-state index in [1.54, 1.807) is 7.11 Å². The van der Waals surface area contributed by atoms with Gasteiger partial charge in [-0.1, -0.05) is 0 Å². The van der Waals surface area contributed by atoms with Gasteiger partial charge in [-0.2, -0.15) is 0 Å². The molecule has 3 aliphatic heterocycles. The van der Waals surface area contributed by atoms with E-state index in [2.05, 4.69) is 4.90 Å². The first-order valence-electron chi connectivity index (χ1n) is 7.40. The van der Waals surface area contributed by atoms with Crippen LogP contribution in [0.25, 0.3) is 0 Å². The van der Waals surface area contributed by atoms with Crippen molar-refractivity contribution in [1.82, 2.24) is 9.80 Å². The third kappa shape index (κ3) is 2.39. The van der Waals surface area contributed by atoms with Crippen LogP contribution in [0.15, 0.2) is 0 Å². The van der Waals surface area contributed by atoms with Crippen LogP contribution in [0.1, 0.15) is 25.7 Å². The van der Waals surface area contributed by atoms with Crippen LogP contribution in [-0.2, 0) is 14.3 Å². The minimum Gasteiger partial charge on any atom is -0.383 e. The third-order valence-corrected chi connectivity index (χ3v) is 4.93. The Morgan fingerprint density at radius 3 is 2.89 bits per heavy atom. The summed E-state index contributed by atoms with van der Waals surface area (Å²) in [5.41, 5.74) is 0.243. The number of hydrogen-bond donors (Lipinski definition) is 0. The van der Waals surface area contributed by atoms with E-state index >= 15 is 0 Å². The normalized spacial score (nSPS) is 35.0. The van der Waals surface area contributed by atoms with Gasteiger partial charge in [0.1, 0.15) is 6.10 Å². The zero-order valence-electron chi connectivity index (χ0n) is 11.8. The maximum atomic E-state index is 12.4. The number of likely N-dealkylation sites (tertiary alicyclic amines) is 2. The highest BCUT2D eigenvalue weighted by molar-refractivity contribution is 5.81. The van der Waals surface area contributed by atoms with Gasteiger partial charge in [-0.3, -0.25) is 9.69 Å². The van der Waals surface area contributed by atoms with Crippen LogP contribution in [0.3, 0.4) is 0 Å². The Hall–Kier alpha value is -0.650. The topological polar surface area (TPSA) is 42.0 Å². The lowest BCUT2D eigenvalue weighted by Gasteiger charge is -2.50. The van der Waals surface area contributed by atoms with Gasteiger partial charge in [0.2, 0.25) is 0 Å². The number of amides is 1. The van der Waals surface area contributed by atoms with Crippen LogP contribution in [0.2, 0.25) is 0 Å². The number of ether oxygens (including phenoxy) is 2. The number of nitrogens with zero attached hydrogens (tertiary/aromatic N) is 2. The van der Waals surface area contributed by atoms with Crippen molar-refractivity contribution in [3.05, 3.63) is 0 Å². The standard InChI is InChI=1S/C14H24N2O3/c1-18-10-8-16-7-5-14(16)4-6-15(11-14)13(17)12-3-2-9-19-12/h12H,2-11H2,1H3. The summed E-state index contributed by atoms with van der Waals surface area (Å²) in [6, 6.07) is 0. The monoisotopic (exact) mass is 268 g/mol. The quantitative estimate of drug-likeness (QED) is 0.744. The molecule has 0 saturated carbocycles. The Kier molecular flexibility index (Phi) is 3.78. The summed E-state index contributed by atoms with van der Waals surface area (Å²) in [5.74, 6) is 0.216. The van der Waals surface area contributed by atoms with Crippen LogP contribution < -0.4 is 0 Å². The van der Waals surface area contributed by atoms with Crippen molar-refractivity contribution in [3.63, 3.8) is 0 Å². The molecule has 0 N–H and O–H groups in total. The van der Waals surface area contributed by atoms with Crippen molar-refractivity contribution >= 4 is 5.91 Å².